The zero-order valence-corrected chi connectivity index (χ0v) is 13.2. The molecule has 0 fully saturated rings. The Morgan fingerprint density at radius 3 is 2.70 bits per heavy atom. The highest BCUT2D eigenvalue weighted by Crippen LogP contribution is 2.29. The lowest BCUT2D eigenvalue weighted by molar-refractivity contribution is -0.116. The van der Waals surface area contributed by atoms with Crippen LogP contribution in [0, 0.1) is 6.92 Å². The fourth-order valence-corrected chi connectivity index (χ4v) is 2.05. The summed E-state index contributed by atoms with van der Waals surface area (Å²) in [6.45, 7) is 2.51. The molecule has 0 heterocycles. The van der Waals surface area contributed by atoms with Gasteiger partial charge in [0.1, 0.15) is 6.61 Å². The lowest BCUT2D eigenvalue weighted by Crippen LogP contribution is -2.27. The third kappa shape index (κ3) is 4.59. The third-order valence-electron chi connectivity index (χ3n) is 3.40. The Balaban J connectivity index is 2.12. The van der Waals surface area contributed by atoms with Crippen LogP contribution in [0.3, 0.4) is 0 Å². The summed E-state index contributed by atoms with van der Waals surface area (Å²) >= 11 is 0. The topological polar surface area (TPSA) is 73.6 Å². The van der Waals surface area contributed by atoms with Gasteiger partial charge in [0, 0.05) is 6.08 Å². The predicted octanol–water partition coefficient (Wildman–Crippen LogP) is 2.59. The fraction of sp³-hybridized carbons (Fsp3) is 0.167. The van der Waals surface area contributed by atoms with E-state index in [1.165, 1.54) is 11.6 Å². The molecule has 0 atom stereocenters. The molecule has 5 heteroatoms. The van der Waals surface area contributed by atoms with E-state index < -0.39 is 0 Å². The molecular formula is C18H20N2O3. The molecule has 0 unspecified atom stereocenters. The van der Waals surface area contributed by atoms with Crippen LogP contribution in [0.5, 0.6) is 11.5 Å². The van der Waals surface area contributed by atoms with E-state index in [2.05, 4.69) is 0 Å². The van der Waals surface area contributed by atoms with Crippen LogP contribution < -0.4 is 20.7 Å². The molecule has 2 rings (SSSR count). The summed E-state index contributed by atoms with van der Waals surface area (Å²) in [5.74, 6) is 5.91. The van der Waals surface area contributed by atoms with Crippen molar-refractivity contribution in [3.8, 4) is 11.5 Å². The van der Waals surface area contributed by atoms with Crippen molar-refractivity contribution in [2.45, 2.75) is 13.5 Å². The van der Waals surface area contributed by atoms with Crippen LogP contribution in [0.1, 0.15) is 16.7 Å². The smallest absolute Gasteiger partial charge is 0.257 e. The largest absolute Gasteiger partial charge is 0.493 e. The highest BCUT2D eigenvalue weighted by atomic mass is 16.5. The molecule has 3 N–H and O–H groups in total. The molecular weight excluding hydrogens is 292 g/mol. The number of rotatable bonds is 6. The van der Waals surface area contributed by atoms with Gasteiger partial charge in [0.05, 0.1) is 7.11 Å². The SMILES string of the molecule is COc1cc(/C=C/C(=O)NN)ccc1OCc1ccccc1C. The molecule has 1 amide bonds. The molecule has 0 saturated heterocycles. The van der Waals surface area contributed by atoms with E-state index in [4.69, 9.17) is 15.3 Å². The van der Waals surface area contributed by atoms with E-state index in [1.54, 1.807) is 19.3 Å². The second-order valence-electron chi connectivity index (χ2n) is 4.97. The minimum absolute atomic E-state index is 0.371. The number of nitrogens with two attached hydrogens (primary N) is 1. The average molecular weight is 312 g/mol. The number of benzene rings is 2. The van der Waals surface area contributed by atoms with Crippen molar-refractivity contribution < 1.29 is 14.3 Å². The van der Waals surface area contributed by atoms with Crippen molar-refractivity contribution in [1.82, 2.24) is 5.43 Å². The monoisotopic (exact) mass is 312 g/mol. The fourth-order valence-electron chi connectivity index (χ4n) is 2.05. The lowest BCUT2D eigenvalue weighted by Gasteiger charge is -2.12. The van der Waals surface area contributed by atoms with Gasteiger partial charge in [-0.15, -0.1) is 0 Å². The van der Waals surface area contributed by atoms with E-state index in [-0.39, 0.29) is 5.91 Å². The van der Waals surface area contributed by atoms with Gasteiger partial charge in [-0.1, -0.05) is 30.3 Å². The predicted molar refractivity (Wildman–Crippen MR) is 89.9 cm³/mol. The first-order valence-corrected chi connectivity index (χ1v) is 7.18. The van der Waals surface area contributed by atoms with Gasteiger partial charge in [-0.05, 0) is 41.8 Å². The van der Waals surface area contributed by atoms with Gasteiger partial charge in [0.15, 0.2) is 11.5 Å². The van der Waals surface area contributed by atoms with Gasteiger partial charge in [-0.3, -0.25) is 10.2 Å². The number of methoxy groups -OCH3 is 1. The van der Waals surface area contributed by atoms with Crippen LogP contribution in [0.4, 0.5) is 0 Å². The van der Waals surface area contributed by atoms with Crippen molar-refractivity contribution in [2.75, 3.05) is 7.11 Å². The van der Waals surface area contributed by atoms with Crippen molar-refractivity contribution in [1.29, 1.82) is 0 Å². The summed E-state index contributed by atoms with van der Waals surface area (Å²) in [4.78, 5) is 11.1. The van der Waals surface area contributed by atoms with Crippen LogP contribution in [0.2, 0.25) is 0 Å². The van der Waals surface area contributed by atoms with Gasteiger partial charge in [-0.25, -0.2) is 5.84 Å². The first kappa shape index (κ1) is 16.6. The minimum Gasteiger partial charge on any atom is -0.493 e. The van der Waals surface area contributed by atoms with E-state index >= 15 is 0 Å². The van der Waals surface area contributed by atoms with Crippen LogP contribution >= 0.6 is 0 Å². The molecule has 0 aromatic heterocycles. The molecule has 0 spiro atoms. The van der Waals surface area contributed by atoms with Gasteiger partial charge < -0.3 is 9.47 Å². The molecule has 2 aromatic carbocycles. The van der Waals surface area contributed by atoms with E-state index in [0.717, 1.165) is 11.1 Å². The number of hydrogen-bond donors (Lipinski definition) is 2. The minimum atomic E-state index is -0.371. The Hall–Kier alpha value is -2.79. The molecule has 5 nitrogen and oxygen atoms in total. The first-order valence-electron chi connectivity index (χ1n) is 7.18. The standard InChI is InChI=1S/C18H20N2O3/c1-13-5-3-4-6-15(13)12-23-16-9-7-14(11-17(16)22-2)8-10-18(21)20-19/h3-11H,12,19H2,1-2H3,(H,20,21)/b10-8+. The molecule has 0 bridgehead atoms. The van der Waals surface area contributed by atoms with Gasteiger partial charge in [-0.2, -0.15) is 0 Å². The van der Waals surface area contributed by atoms with Crippen LogP contribution in [0.25, 0.3) is 6.08 Å². The number of aryl methyl sites for hydroxylation is 1. The Bertz CT molecular complexity index is 711. The highest BCUT2D eigenvalue weighted by Gasteiger charge is 2.06. The normalized spacial score (nSPS) is 10.6. The van der Waals surface area contributed by atoms with Gasteiger partial charge in [0.2, 0.25) is 0 Å². The molecule has 23 heavy (non-hydrogen) atoms. The second-order valence-corrected chi connectivity index (χ2v) is 4.97. The Morgan fingerprint density at radius 1 is 1.22 bits per heavy atom. The Morgan fingerprint density at radius 2 is 2.00 bits per heavy atom. The van der Waals surface area contributed by atoms with Gasteiger partial charge in [0.25, 0.3) is 5.91 Å². The molecule has 0 radical (unpaired) electrons. The van der Waals surface area contributed by atoms with Crippen LogP contribution in [-0.2, 0) is 11.4 Å². The van der Waals surface area contributed by atoms with E-state index in [0.29, 0.717) is 18.1 Å². The summed E-state index contributed by atoms with van der Waals surface area (Å²) in [5.41, 5.74) is 5.15. The molecule has 2 aromatic rings. The second kappa shape index (κ2) is 8.00. The van der Waals surface area contributed by atoms with E-state index in [9.17, 15) is 4.79 Å². The third-order valence-corrected chi connectivity index (χ3v) is 3.40. The molecule has 120 valence electrons. The average Bonchev–Trinajstić information content (AvgIpc) is 2.59. The maximum Gasteiger partial charge on any atom is 0.257 e. The number of nitrogens with one attached hydrogen (secondary N) is 1. The summed E-state index contributed by atoms with van der Waals surface area (Å²) in [5, 5.41) is 0. The maximum atomic E-state index is 11.1. The molecule has 0 aliphatic heterocycles. The zero-order valence-electron chi connectivity index (χ0n) is 13.2. The first-order chi connectivity index (χ1) is 11.1. The summed E-state index contributed by atoms with van der Waals surface area (Å²) in [7, 11) is 1.58. The van der Waals surface area contributed by atoms with Crippen LogP contribution in [0.15, 0.2) is 48.5 Å². The zero-order chi connectivity index (χ0) is 16.7. The summed E-state index contributed by atoms with van der Waals surface area (Å²) in [6.07, 6.45) is 3.00. The number of carbonyl (C=O) groups excluding carboxylic acids is 1. The summed E-state index contributed by atoms with van der Waals surface area (Å²) < 4.78 is 11.2. The number of hydrogen-bond acceptors (Lipinski definition) is 4. The highest BCUT2D eigenvalue weighted by molar-refractivity contribution is 5.91. The Kier molecular flexibility index (Phi) is 5.77. The van der Waals surface area contributed by atoms with Gasteiger partial charge >= 0.3 is 0 Å². The van der Waals surface area contributed by atoms with Crippen LogP contribution in [-0.4, -0.2) is 13.0 Å². The quantitative estimate of drug-likeness (QED) is 0.372. The Labute approximate surface area is 135 Å². The van der Waals surface area contributed by atoms with Crippen molar-refractivity contribution in [3.63, 3.8) is 0 Å². The number of carbonyl (C=O) groups is 1. The molecule has 0 saturated carbocycles. The molecule has 0 aliphatic carbocycles. The lowest BCUT2D eigenvalue weighted by atomic mass is 10.1. The van der Waals surface area contributed by atoms with Crippen molar-refractivity contribution in [3.05, 3.63) is 65.2 Å². The maximum absolute atomic E-state index is 11.1. The molecule has 0 aliphatic rings. The number of ether oxygens (including phenoxy) is 2. The van der Waals surface area contributed by atoms with Crippen molar-refractivity contribution >= 4 is 12.0 Å². The number of amides is 1. The van der Waals surface area contributed by atoms with Crippen molar-refractivity contribution in [2.24, 2.45) is 5.84 Å². The number of hydrazine groups is 1. The summed E-state index contributed by atoms with van der Waals surface area (Å²) in [6, 6.07) is 13.5. The van der Waals surface area contributed by atoms with E-state index in [1.807, 2.05) is 48.7 Å².